The molecule has 10 nitrogen and oxygen atoms in total. The van der Waals surface area contributed by atoms with Gasteiger partial charge in [-0.05, 0) is 22.3 Å². The van der Waals surface area contributed by atoms with Gasteiger partial charge in [0.15, 0.2) is 18.9 Å². The van der Waals surface area contributed by atoms with Crippen molar-refractivity contribution in [1.29, 1.82) is 0 Å². The molecule has 8 atom stereocenters. The minimum absolute atomic E-state index is 0.247. The molecule has 310 valence electrons. The monoisotopic (exact) mass is 802 g/mol. The molecule has 0 amide bonds. The molecule has 5 aromatic carbocycles. The second-order valence-electron chi connectivity index (χ2n) is 15.4. The molecule has 10 heteroatoms. The molecule has 0 N–H and O–H groups in total. The summed E-state index contributed by atoms with van der Waals surface area (Å²) in [7, 11) is 1.61. The fourth-order valence-corrected chi connectivity index (χ4v) is 7.96. The Kier molecular flexibility index (Phi) is 14.6. The Morgan fingerprint density at radius 2 is 1.08 bits per heavy atom. The Labute approximate surface area is 347 Å². The molecule has 5 unspecified atom stereocenters. The molecule has 0 radical (unpaired) electrons. The highest BCUT2D eigenvalue weighted by Gasteiger charge is 2.54. The van der Waals surface area contributed by atoms with Gasteiger partial charge in [-0.25, -0.2) is 0 Å². The quantitative estimate of drug-likeness (QED) is 0.0862. The van der Waals surface area contributed by atoms with Crippen molar-refractivity contribution in [2.45, 2.75) is 94.3 Å². The van der Waals surface area contributed by atoms with Crippen LogP contribution in [-0.2, 0) is 73.8 Å². The van der Waals surface area contributed by atoms with Gasteiger partial charge < -0.3 is 47.4 Å². The zero-order valence-corrected chi connectivity index (χ0v) is 33.5. The smallest absolute Gasteiger partial charge is 0.186 e. The van der Waals surface area contributed by atoms with E-state index >= 15 is 0 Å². The second kappa shape index (κ2) is 20.8. The molecule has 0 bridgehead atoms. The van der Waals surface area contributed by atoms with Crippen molar-refractivity contribution in [3.63, 3.8) is 0 Å². The van der Waals surface area contributed by atoms with Crippen LogP contribution in [0.4, 0.5) is 0 Å². The SMILES string of the molecule is CO[C@H]1OC2COC(c3ccccc3)O[C@H]2C(O[C@H]2CC(OCc3ccccc3)CC(COCc3ccccc3)(COCc3ccccc3)O2)C1OCc1ccccc1. The summed E-state index contributed by atoms with van der Waals surface area (Å²) in [6, 6.07) is 50.4. The lowest BCUT2D eigenvalue weighted by Crippen LogP contribution is -2.65. The topological polar surface area (TPSA) is 92.3 Å². The molecule has 8 rings (SSSR count). The summed E-state index contributed by atoms with van der Waals surface area (Å²) in [5, 5.41) is 0. The van der Waals surface area contributed by atoms with Crippen LogP contribution in [0.25, 0.3) is 0 Å². The van der Waals surface area contributed by atoms with Gasteiger partial charge in [0.25, 0.3) is 0 Å². The molecule has 3 heterocycles. The first kappa shape index (κ1) is 41.4. The molecule has 0 aromatic heterocycles. The Morgan fingerprint density at radius 1 is 0.576 bits per heavy atom. The highest BCUT2D eigenvalue weighted by Crippen LogP contribution is 2.40. The summed E-state index contributed by atoms with van der Waals surface area (Å²) >= 11 is 0. The Morgan fingerprint density at radius 3 is 1.63 bits per heavy atom. The Bertz CT molecular complexity index is 1890. The van der Waals surface area contributed by atoms with E-state index in [1.54, 1.807) is 7.11 Å². The maximum Gasteiger partial charge on any atom is 0.186 e. The number of methoxy groups -OCH3 is 1. The summed E-state index contributed by atoms with van der Waals surface area (Å²) in [5.41, 5.74) is 4.18. The average Bonchev–Trinajstić information content (AvgIpc) is 3.29. The van der Waals surface area contributed by atoms with Gasteiger partial charge in [0.1, 0.15) is 30.0 Å². The van der Waals surface area contributed by atoms with E-state index in [0.29, 0.717) is 39.3 Å². The van der Waals surface area contributed by atoms with Crippen LogP contribution >= 0.6 is 0 Å². The van der Waals surface area contributed by atoms with Crippen LogP contribution in [0.2, 0.25) is 0 Å². The third kappa shape index (κ3) is 11.3. The average molecular weight is 803 g/mol. The summed E-state index contributed by atoms with van der Waals surface area (Å²) in [6.45, 7) is 2.33. The lowest BCUT2D eigenvalue weighted by molar-refractivity contribution is -0.390. The molecule has 3 fully saturated rings. The van der Waals surface area contributed by atoms with Crippen molar-refractivity contribution in [2.24, 2.45) is 0 Å². The Balaban J connectivity index is 1.09. The fourth-order valence-electron chi connectivity index (χ4n) is 7.96. The summed E-state index contributed by atoms with van der Waals surface area (Å²) in [6.07, 6.45) is -3.93. The van der Waals surface area contributed by atoms with Crippen molar-refractivity contribution in [3.05, 3.63) is 179 Å². The van der Waals surface area contributed by atoms with Crippen LogP contribution in [0.5, 0.6) is 0 Å². The molecule has 3 aliphatic rings. The van der Waals surface area contributed by atoms with E-state index < -0.39 is 48.9 Å². The van der Waals surface area contributed by atoms with Gasteiger partial charge >= 0.3 is 0 Å². The van der Waals surface area contributed by atoms with Crippen LogP contribution < -0.4 is 0 Å². The third-order valence-electron chi connectivity index (χ3n) is 10.9. The molecule has 5 aromatic rings. The van der Waals surface area contributed by atoms with E-state index in [1.807, 2.05) is 115 Å². The van der Waals surface area contributed by atoms with Crippen molar-refractivity contribution >= 4 is 0 Å². The highest BCUT2D eigenvalue weighted by atomic mass is 16.8. The normalized spacial score (nSPS) is 26.5. The van der Waals surface area contributed by atoms with E-state index in [9.17, 15) is 0 Å². The maximum absolute atomic E-state index is 7.21. The number of ether oxygens (including phenoxy) is 10. The Hall–Kier alpha value is -4.30. The van der Waals surface area contributed by atoms with Crippen molar-refractivity contribution in [2.75, 3.05) is 26.9 Å². The van der Waals surface area contributed by atoms with Crippen LogP contribution in [0.15, 0.2) is 152 Å². The zero-order chi connectivity index (χ0) is 40.1. The molecular formula is C49H54O10. The predicted octanol–water partition coefficient (Wildman–Crippen LogP) is 8.34. The summed E-state index contributed by atoms with van der Waals surface area (Å²) in [4.78, 5) is 0. The van der Waals surface area contributed by atoms with Crippen molar-refractivity contribution < 1.29 is 47.4 Å². The van der Waals surface area contributed by atoms with Gasteiger partial charge in [-0.2, -0.15) is 0 Å². The minimum atomic E-state index is -0.928. The number of hydrogen-bond donors (Lipinski definition) is 0. The highest BCUT2D eigenvalue weighted by molar-refractivity contribution is 5.18. The number of fused-ring (bicyclic) bond motifs is 1. The largest absolute Gasteiger partial charge is 0.374 e. The van der Waals surface area contributed by atoms with E-state index in [1.165, 1.54) is 0 Å². The van der Waals surface area contributed by atoms with Crippen LogP contribution in [0, 0.1) is 0 Å². The maximum atomic E-state index is 7.21. The molecule has 3 saturated heterocycles. The van der Waals surface area contributed by atoms with E-state index in [-0.39, 0.29) is 25.9 Å². The van der Waals surface area contributed by atoms with Crippen LogP contribution in [-0.4, -0.2) is 75.6 Å². The zero-order valence-electron chi connectivity index (χ0n) is 33.5. The first-order valence-corrected chi connectivity index (χ1v) is 20.5. The first-order valence-electron chi connectivity index (χ1n) is 20.5. The number of rotatable bonds is 18. The van der Waals surface area contributed by atoms with Gasteiger partial charge in [-0.15, -0.1) is 0 Å². The van der Waals surface area contributed by atoms with Crippen molar-refractivity contribution in [1.82, 2.24) is 0 Å². The summed E-state index contributed by atoms with van der Waals surface area (Å²) in [5.74, 6) is 0. The van der Waals surface area contributed by atoms with Gasteiger partial charge in [-0.1, -0.05) is 152 Å². The summed E-state index contributed by atoms with van der Waals surface area (Å²) < 4.78 is 66.2. The molecule has 0 spiro atoms. The van der Waals surface area contributed by atoms with E-state index in [0.717, 1.165) is 27.8 Å². The lowest BCUT2D eigenvalue weighted by atomic mass is 9.91. The molecule has 3 aliphatic heterocycles. The molecular weight excluding hydrogens is 749 g/mol. The van der Waals surface area contributed by atoms with Crippen LogP contribution in [0.3, 0.4) is 0 Å². The molecule has 59 heavy (non-hydrogen) atoms. The fraction of sp³-hybridized carbons (Fsp3) is 0.388. The van der Waals surface area contributed by atoms with Crippen LogP contribution in [0.1, 0.15) is 46.9 Å². The predicted molar refractivity (Wildman–Crippen MR) is 220 cm³/mol. The number of benzene rings is 5. The molecule has 0 aliphatic carbocycles. The second-order valence-corrected chi connectivity index (χ2v) is 15.4. The van der Waals surface area contributed by atoms with Crippen molar-refractivity contribution in [3.8, 4) is 0 Å². The van der Waals surface area contributed by atoms with Gasteiger partial charge in [0.2, 0.25) is 0 Å². The van der Waals surface area contributed by atoms with E-state index in [2.05, 4.69) is 36.4 Å². The van der Waals surface area contributed by atoms with Gasteiger partial charge in [0.05, 0.1) is 52.4 Å². The lowest BCUT2D eigenvalue weighted by Gasteiger charge is -2.51. The number of hydrogen-bond acceptors (Lipinski definition) is 10. The molecule has 0 saturated carbocycles. The minimum Gasteiger partial charge on any atom is -0.374 e. The first-order chi connectivity index (χ1) is 29.1. The standard InChI is InChI=1S/C49H54O10/c1-50-48-46(54-32-39-23-13-5-14-24-39)45(44-42(56-48)33-55-47(58-44)40-25-15-6-16-26-40)57-43-27-41(53-31-38-21-11-4-12-22-38)28-49(59-43,34-51-29-36-17-7-2-8-18-36)35-52-30-37-19-9-3-10-20-37/h2-26,41-48H,27-35H2,1H3/t41?,42?,43-,44-,45?,46?,47?,48+/m1/s1. The van der Waals surface area contributed by atoms with Gasteiger partial charge in [0, 0.05) is 25.5 Å². The third-order valence-corrected chi connectivity index (χ3v) is 10.9. The van der Waals surface area contributed by atoms with Gasteiger partial charge in [-0.3, -0.25) is 0 Å². The van der Waals surface area contributed by atoms with E-state index in [4.69, 9.17) is 47.4 Å².